The number of nitrogens with zero attached hydrogens (tertiary/aromatic N) is 4. The molecule has 2 saturated heterocycles. The maximum Gasteiger partial charge on any atom is 0.255 e. The fraction of sp³-hybridized carbons (Fsp3) is 0.407. The fourth-order valence-corrected chi connectivity index (χ4v) is 4.75. The molecule has 2 fully saturated rings. The molecule has 0 unspecified atom stereocenters. The van der Waals surface area contributed by atoms with Gasteiger partial charge in [-0.1, -0.05) is 0 Å². The van der Waals surface area contributed by atoms with Gasteiger partial charge in [-0.3, -0.25) is 14.8 Å². The van der Waals surface area contributed by atoms with Crippen molar-refractivity contribution in [2.24, 2.45) is 0 Å². The molecule has 8 nitrogen and oxygen atoms in total. The average Bonchev–Trinajstić information content (AvgIpc) is 2.91. The minimum absolute atomic E-state index is 0.200. The highest BCUT2D eigenvalue weighted by Crippen LogP contribution is 2.34. The molecular weight excluding hydrogens is 442 g/mol. The fourth-order valence-electron chi connectivity index (χ4n) is 4.75. The maximum absolute atomic E-state index is 12.7. The van der Waals surface area contributed by atoms with E-state index in [9.17, 15) is 9.90 Å². The number of rotatable bonds is 5. The molecule has 0 atom stereocenters. The monoisotopic (exact) mass is 473 g/mol. The quantitative estimate of drug-likeness (QED) is 0.579. The Labute approximate surface area is 205 Å². The molecule has 3 aromatic heterocycles. The van der Waals surface area contributed by atoms with Crippen LogP contribution in [0.2, 0.25) is 0 Å². The van der Waals surface area contributed by atoms with Crippen molar-refractivity contribution >= 4 is 17.4 Å². The second-order valence-electron chi connectivity index (χ2n) is 9.29. The Bertz CT molecular complexity index is 1170. The standard InChI is InChI=1S/C27H31N5O3/c1-18-24(16-22(17-29-18)30-27(34)20-2-8-28-9-3-20)21-14-25(19-6-12-35-13-7-19)31-26(15-21)32-10-4-23(33)5-11-32/h2-3,8-9,14-17,19,23,33H,4-7,10-13H2,1H3,(H,30,34). The summed E-state index contributed by atoms with van der Waals surface area (Å²) in [5, 5.41) is 12.9. The number of aliphatic hydroxyl groups excluding tert-OH is 1. The van der Waals surface area contributed by atoms with E-state index in [-0.39, 0.29) is 12.0 Å². The van der Waals surface area contributed by atoms with Gasteiger partial charge in [0.15, 0.2) is 0 Å². The zero-order chi connectivity index (χ0) is 24.2. The zero-order valence-electron chi connectivity index (χ0n) is 20.0. The summed E-state index contributed by atoms with van der Waals surface area (Å²) in [7, 11) is 0. The number of carbonyl (C=O) groups excluding carboxylic acids is 1. The van der Waals surface area contributed by atoms with Crippen molar-refractivity contribution in [3.8, 4) is 11.1 Å². The Morgan fingerprint density at radius 2 is 1.83 bits per heavy atom. The first-order valence-electron chi connectivity index (χ1n) is 12.3. The highest BCUT2D eigenvalue weighted by atomic mass is 16.5. The van der Waals surface area contributed by atoms with E-state index >= 15 is 0 Å². The zero-order valence-corrected chi connectivity index (χ0v) is 20.0. The van der Waals surface area contributed by atoms with Gasteiger partial charge in [-0.25, -0.2) is 4.98 Å². The van der Waals surface area contributed by atoms with Gasteiger partial charge in [0.05, 0.1) is 18.0 Å². The molecule has 0 aromatic carbocycles. The van der Waals surface area contributed by atoms with E-state index in [0.29, 0.717) is 17.2 Å². The topological polar surface area (TPSA) is 100 Å². The van der Waals surface area contributed by atoms with E-state index in [1.807, 2.05) is 13.0 Å². The first-order valence-corrected chi connectivity index (χ1v) is 12.3. The minimum Gasteiger partial charge on any atom is -0.393 e. The highest BCUT2D eigenvalue weighted by molar-refractivity contribution is 6.04. The van der Waals surface area contributed by atoms with Crippen LogP contribution in [-0.2, 0) is 4.74 Å². The van der Waals surface area contributed by atoms with Gasteiger partial charge in [0, 0.05) is 67.1 Å². The molecular formula is C27H31N5O3. The molecule has 2 aliphatic rings. The van der Waals surface area contributed by atoms with Crippen LogP contribution in [0, 0.1) is 6.92 Å². The average molecular weight is 474 g/mol. The van der Waals surface area contributed by atoms with Crippen molar-refractivity contribution in [1.82, 2.24) is 15.0 Å². The van der Waals surface area contributed by atoms with Gasteiger partial charge in [-0.2, -0.15) is 0 Å². The Morgan fingerprint density at radius 1 is 1.09 bits per heavy atom. The summed E-state index contributed by atoms with van der Waals surface area (Å²) >= 11 is 0. The summed E-state index contributed by atoms with van der Waals surface area (Å²) in [5.74, 6) is 1.08. The van der Waals surface area contributed by atoms with Crippen LogP contribution in [0.1, 0.15) is 53.3 Å². The predicted molar refractivity (Wildman–Crippen MR) is 135 cm³/mol. The number of aryl methyl sites for hydroxylation is 1. The highest BCUT2D eigenvalue weighted by Gasteiger charge is 2.23. The van der Waals surface area contributed by atoms with Crippen molar-refractivity contribution < 1.29 is 14.6 Å². The van der Waals surface area contributed by atoms with Crippen LogP contribution in [0.4, 0.5) is 11.5 Å². The van der Waals surface area contributed by atoms with Crippen molar-refractivity contribution in [1.29, 1.82) is 0 Å². The Morgan fingerprint density at radius 3 is 2.57 bits per heavy atom. The van der Waals surface area contributed by atoms with E-state index in [1.54, 1.807) is 30.7 Å². The van der Waals surface area contributed by atoms with Gasteiger partial charge in [0.1, 0.15) is 5.82 Å². The van der Waals surface area contributed by atoms with E-state index in [4.69, 9.17) is 9.72 Å². The van der Waals surface area contributed by atoms with Gasteiger partial charge >= 0.3 is 0 Å². The number of aromatic nitrogens is 3. The summed E-state index contributed by atoms with van der Waals surface area (Å²) in [6.07, 6.45) is 8.04. The number of hydrogen-bond donors (Lipinski definition) is 2. The molecule has 5 heterocycles. The summed E-state index contributed by atoms with van der Waals surface area (Å²) in [6.45, 7) is 5.04. The second kappa shape index (κ2) is 10.5. The Hall–Kier alpha value is -3.36. The van der Waals surface area contributed by atoms with E-state index in [2.05, 4.69) is 32.3 Å². The van der Waals surface area contributed by atoms with Crippen LogP contribution >= 0.6 is 0 Å². The first-order chi connectivity index (χ1) is 17.1. The molecule has 3 aromatic rings. The molecule has 5 rings (SSSR count). The van der Waals surface area contributed by atoms with Crippen LogP contribution < -0.4 is 10.2 Å². The normalized spacial score (nSPS) is 17.4. The number of nitrogens with one attached hydrogen (secondary N) is 1. The first kappa shape index (κ1) is 23.4. The molecule has 1 amide bonds. The molecule has 0 aliphatic carbocycles. The number of hydrogen-bond acceptors (Lipinski definition) is 7. The lowest BCUT2D eigenvalue weighted by Gasteiger charge is -2.32. The van der Waals surface area contributed by atoms with Crippen molar-refractivity contribution in [3.05, 3.63) is 65.9 Å². The molecule has 0 saturated carbocycles. The number of amides is 1. The molecule has 182 valence electrons. The van der Waals surface area contributed by atoms with E-state index < -0.39 is 0 Å². The lowest BCUT2D eigenvalue weighted by Crippen LogP contribution is -2.36. The predicted octanol–water partition coefficient (Wildman–Crippen LogP) is 3.95. The summed E-state index contributed by atoms with van der Waals surface area (Å²) < 4.78 is 5.58. The van der Waals surface area contributed by atoms with E-state index in [1.165, 1.54) is 0 Å². The lowest BCUT2D eigenvalue weighted by atomic mass is 9.93. The second-order valence-corrected chi connectivity index (χ2v) is 9.29. The van der Waals surface area contributed by atoms with Crippen molar-refractivity contribution in [3.63, 3.8) is 0 Å². The summed E-state index contributed by atoms with van der Waals surface area (Å²) in [5.41, 5.74) is 5.13. The molecule has 2 aliphatic heterocycles. The van der Waals surface area contributed by atoms with Gasteiger partial charge in [-0.15, -0.1) is 0 Å². The molecule has 2 N–H and O–H groups in total. The largest absolute Gasteiger partial charge is 0.393 e. The smallest absolute Gasteiger partial charge is 0.255 e. The van der Waals surface area contributed by atoms with Crippen LogP contribution in [-0.4, -0.2) is 58.4 Å². The molecule has 8 heteroatoms. The van der Waals surface area contributed by atoms with E-state index in [0.717, 1.165) is 80.3 Å². The number of anilines is 2. The number of carbonyl (C=O) groups is 1. The van der Waals surface area contributed by atoms with Crippen LogP contribution in [0.3, 0.4) is 0 Å². The molecule has 0 spiro atoms. The SMILES string of the molecule is Cc1ncc(NC(=O)c2ccncc2)cc1-c1cc(C2CCOCC2)nc(N2CCC(O)CC2)c1. The Balaban J connectivity index is 1.49. The molecule has 35 heavy (non-hydrogen) atoms. The third kappa shape index (κ3) is 5.49. The summed E-state index contributed by atoms with van der Waals surface area (Å²) in [6, 6.07) is 9.62. The lowest BCUT2D eigenvalue weighted by molar-refractivity contribution is 0.0845. The van der Waals surface area contributed by atoms with Gasteiger partial charge in [0.25, 0.3) is 5.91 Å². The van der Waals surface area contributed by atoms with Crippen LogP contribution in [0.5, 0.6) is 0 Å². The van der Waals surface area contributed by atoms with Crippen molar-refractivity contribution in [2.75, 3.05) is 36.5 Å². The van der Waals surface area contributed by atoms with Crippen molar-refractivity contribution in [2.45, 2.75) is 44.6 Å². The molecule has 0 radical (unpaired) electrons. The number of aliphatic hydroxyl groups is 1. The maximum atomic E-state index is 12.7. The van der Waals surface area contributed by atoms with Crippen LogP contribution in [0.15, 0.2) is 48.9 Å². The number of ether oxygens (including phenoxy) is 1. The van der Waals surface area contributed by atoms with Crippen LogP contribution in [0.25, 0.3) is 11.1 Å². The number of piperidine rings is 1. The Kier molecular flexibility index (Phi) is 7.01. The minimum atomic E-state index is -0.239. The van der Waals surface area contributed by atoms with Gasteiger partial charge < -0.3 is 20.1 Å². The summed E-state index contributed by atoms with van der Waals surface area (Å²) in [4.78, 5) is 28.6. The van der Waals surface area contributed by atoms with Gasteiger partial charge in [-0.05, 0) is 68.5 Å². The third-order valence-corrected chi connectivity index (χ3v) is 6.86. The molecule has 0 bridgehead atoms. The number of pyridine rings is 3. The van der Waals surface area contributed by atoms with Gasteiger partial charge in [0.2, 0.25) is 0 Å². The third-order valence-electron chi connectivity index (χ3n) is 6.86.